The minimum Gasteiger partial charge on any atom is -0.383 e. The minimum absolute atomic E-state index is 0.242. The first-order chi connectivity index (χ1) is 8.63. The average molecular weight is 245 g/mol. The van der Waals surface area contributed by atoms with Crippen molar-refractivity contribution in [2.45, 2.75) is 13.3 Å². The molecule has 1 heterocycles. The summed E-state index contributed by atoms with van der Waals surface area (Å²) in [4.78, 5) is 18.7. The molecule has 0 fully saturated rings. The fraction of sp³-hybridized carbons (Fsp3) is 0.167. The van der Waals surface area contributed by atoms with Gasteiger partial charge in [-0.05, 0) is 18.1 Å². The Labute approximate surface area is 105 Å². The van der Waals surface area contributed by atoms with Gasteiger partial charge in [-0.15, -0.1) is 0 Å². The largest absolute Gasteiger partial charge is 0.383 e. The average Bonchev–Trinajstić information content (AvgIpc) is 2.35. The van der Waals surface area contributed by atoms with Gasteiger partial charge < -0.3 is 16.8 Å². The highest BCUT2D eigenvalue weighted by molar-refractivity contribution is 5.93. The van der Waals surface area contributed by atoms with Crippen LogP contribution in [-0.2, 0) is 6.42 Å². The van der Waals surface area contributed by atoms with E-state index in [0.29, 0.717) is 5.82 Å². The monoisotopic (exact) mass is 245 g/mol. The standard InChI is InChI=1S/C12H15N5O/c1-2-9-5-3-7-15-11(9)17-10(13)6-4-8-16-12(14)18/h3,5-8H,2H2,1H3,(H2,13,15,17)(H3,14,16,18). The van der Waals surface area contributed by atoms with Crippen LogP contribution in [0.15, 0.2) is 41.3 Å². The lowest BCUT2D eigenvalue weighted by atomic mass is 10.2. The SMILES string of the molecule is CCc1cccnc1/N=C(\N)C=C=CNC(N)=O. The predicted molar refractivity (Wildman–Crippen MR) is 70.3 cm³/mol. The highest BCUT2D eigenvalue weighted by Gasteiger charge is 1.98. The molecule has 6 heteroatoms. The number of carbonyl (C=O) groups is 1. The number of primary amides is 1. The molecule has 6 nitrogen and oxygen atoms in total. The highest BCUT2D eigenvalue weighted by atomic mass is 16.2. The predicted octanol–water partition coefficient (Wildman–Crippen LogP) is 0.970. The molecule has 0 spiro atoms. The zero-order valence-corrected chi connectivity index (χ0v) is 10.1. The van der Waals surface area contributed by atoms with E-state index in [-0.39, 0.29) is 5.84 Å². The summed E-state index contributed by atoms with van der Waals surface area (Å²) < 4.78 is 0. The Bertz CT molecular complexity index is 515. The highest BCUT2D eigenvalue weighted by Crippen LogP contribution is 2.15. The maximum absolute atomic E-state index is 10.4. The fourth-order valence-corrected chi connectivity index (χ4v) is 1.20. The van der Waals surface area contributed by atoms with Crippen molar-refractivity contribution in [3.8, 4) is 0 Å². The molecule has 0 atom stereocenters. The van der Waals surface area contributed by atoms with Gasteiger partial charge in [-0.2, -0.15) is 0 Å². The summed E-state index contributed by atoms with van der Waals surface area (Å²) in [7, 11) is 0. The number of aromatic nitrogens is 1. The first-order valence-electron chi connectivity index (χ1n) is 5.38. The van der Waals surface area contributed by atoms with Crippen LogP contribution in [0, 0.1) is 0 Å². The molecule has 0 aliphatic heterocycles. The molecule has 1 aromatic rings. The number of nitrogens with zero attached hydrogens (tertiary/aromatic N) is 2. The molecule has 0 saturated heterocycles. The van der Waals surface area contributed by atoms with Crippen LogP contribution in [0.5, 0.6) is 0 Å². The molecule has 94 valence electrons. The summed E-state index contributed by atoms with van der Waals surface area (Å²) in [5.74, 6) is 0.823. The van der Waals surface area contributed by atoms with Crippen molar-refractivity contribution in [3.63, 3.8) is 0 Å². The van der Waals surface area contributed by atoms with Crippen LogP contribution in [0.25, 0.3) is 0 Å². The summed E-state index contributed by atoms with van der Waals surface area (Å²) in [6, 6.07) is 3.12. The van der Waals surface area contributed by atoms with Gasteiger partial charge in [-0.1, -0.05) is 18.7 Å². The number of nitrogens with one attached hydrogen (secondary N) is 1. The zero-order valence-electron chi connectivity index (χ0n) is 10.1. The molecule has 0 aliphatic rings. The van der Waals surface area contributed by atoms with Crippen LogP contribution >= 0.6 is 0 Å². The Morgan fingerprint density at radius 3 is 3.06 bits per heavy atom. The van der Waals surface area contributed by atoms with Crippen molar-refractivity contribution in [1.29, 1.82) is 0 Å². The van der Waals surface area contributed by atoms with E-state index in [0.717, 1.165) is 12.0 Å². The van der Waals surface area contributed by atoms with E-state index in [1.165, 1.54) is 12.3 Å². The van der Waals surface area contributed by atoms with Gasteiger partial charge in [0.25, 0.3) is 0 Å². The molecule has 0 saturated carbocycles. The van der Waals surface area contributed by atoms with Gasteiger partial charge in [0.2, 0.25) is 0 Å². The Kier molecular flexibility index (Phi) is 5.15. The van der Waals surface area contributed by atoms with Gasteiger partial charge in [0, 0.05) is 18.5 Å². The molecule has 0 unspecified atom stereocenters. The zero-order chi connectivity index (χ0) is 13.4. The Morgan fingerprint density at radius 1 is 1.61 bits per heavy atom. The summed E-state index contributed by atoms with van der Waals surface area (Å²) in [5, 5.41) is 2.23. The number of urea groups is 1. The second kappa shape index (κ2) is 6.88. The number of nitrogens with two attached hydrogens (primary N) is 2. The maximum atomic E-state index is 10.4. The number of amides is 2. The molecule has 1 rings (SSSR count). The molecule has 5 N–H and O–H groups in total. The van der Waals surface area contributed by atoms with Crippen LogP contribution in [0.2, 0.25) is 0 Å². The van der Waals surface area contributed by atoms with E-state index in [9.17, 15) is 4.79 Å². The van der Waals surface area contributed by atoms with E-state index in [1.54, 1.807) is 6.20 Å². The van der Waals surface area contributed by atoms with Crippen molar-refractivity contribution in [1.82, 2.24) is 10.3 Å². The Morgan fingerprint density at radius 2 is 2.39 bits per heavy atom. The first-order valence-corrected chi connectivity index (χ1v) is 5.38. The lowest BCUT2D eigenvalue weighted by molar-refractivity contribution is 0.252. The van der Waals surface area contributed by atoms with Crippen LogP contribution in [0.4, 0.5) is 10.6 Å². The Hall–Kier alpha value is -2.59. The Balaban J connectivity index is 2.82. The lowest BCUT2D eigenvalue weighted by Gasteiger charge is -2.00. The first kappa shape index (κ1) is 13.5. The molecule has 0 bridgehead atoms. The van der Waals surface area contributed by atoms with E-state index in [1.807, 2.05) is 19.1 Å². The fourth-order valence-electron chi connectivity index (χ4n) is 1.20. The molecule has 18 heavy (non-hydrogen) atoms. The maximum Gasteiger partial charge on any atom is 0.316 e. The number of rotatable bonds is 4. The topological polar surface area (TPSA) is 106 Å². The van der Waals surface area contributed by atoms with Gasteiger partial charge in [0.05, 0.1) is 0 Å². The number of pyridine rings is 1. The van der Waals surface area contributed by atoms with Crippen molar-refractivity contribution >= 4 is 17.7 Å². The third-order valence-electron chi connectivity index (χ3n) is 2.01. The van der Waals surface area contributed by atoms with Crippen molar-refractivity contribution < 1.29 is 4.79 Å². The number of carbonyl (C=O) groups excluding carboxylic acids is 1. The second-order valence-electron chi connectivity index (χ2n) is 3.34. The van der Waals surface area contributed by atoms with Crippen molar-refractivity contribution in [2.24, 2.45) is 16.5 Å². The number of amidine groups is 1. The molecule has 2 amide bonds. The lowest BCUT2D eigenvalue weighted by Crippen LogP contribution is -2.23. The third-order valence-corrected chi connectivity index (χ3v) is 2.01. The van der Waals surface area contributed by atoms with Crippen LogP contribution in [-0.4, -0.2) is 16.9 Å². The number of hydrogen-bond acceptors (Lipinski definition) is 3. The summed E-state index contributed by atoms with van der Waals surface area (Å²) >= 11 is 0. The van der Waals surface area contributed by atoms with Gasteiger partial charge in [-0.3, -0.25) is 0 Å². The van der Waals surface area contributed by atoms with Gasteiger partial charge >= 0.3 is 6.03 Å². The van der Waals surface area contributed by atoms with Crippen LogP contribution in [0.1, 0.15) is 12.5 Å². The summed E-state index contributed by atoms with van der Waals surface area (Å²) in [5.41, 5.74) is 14.2. The molecule has 1 aromatic heterocycles. The normalized spacial score (nSPS) is 10.4. The summed E-state index contributed by atoms with van der Waals surface area (Å²) in [6.45, 7) is 2.01. The minimum atomic E-state index is -0.663. The van der Waals surface area contributed by atoms with E-state index in [4.69, 9.17) is 11.5 Å². The third kappa shape index (κ3) is 4.51. The quantitative estimate of drug-likeness (QED) is 0.418. The van der Waals surface area contributed by atoms with E-state index >= 15 is 0 Å². The van der Waals surface area contributed by atoms with Crippen molar-refractivity contribution in [3.05, 3.63) is 41.9 Å². The van der Waals surface area contributed by atoms with Crippen molar-refractivity contribution in [2.75, 3.05) is 0 Å². The molecular weight excluding hydrogens is 230 g/mol. The number of aliphatic imine (C=N–C) groups is 1. The molecule has 0 radical (unpaired) electrons. The van der Waals surface area contributed by atoms with Gasteiger partial charge in [0.1, 0.15) is 5.84 Å². The molecular formula is C12H15N5O. The van der Waals surface area contributed by atoms with Gasteiger partial charge in [0.15, 0.2) is 5.82 Å². The van der Waals surface area contributed by atoms with E-state index < -0.39 is 6.03 Å². The second-order valence-corrected chi connectivity index (χ2v) is 3.34. The van der Waals surface area contributed by atoms with Crippen LogP contribution < -0.4 is 16.8 Å². The summed E-state index contributed by atoms with van der Waals surface area (Å²) in [6.07, 6.45) is 5.15. The van der Waals surface area contributed by atoms with Gasteiger partial charge in [-0.25, -0.2) is 14.8 Å². The molecule has 0 aliphatic carbocycles. The molecule has 0 aromatic carbocycles. The number of hydrogen-bond donors (Lipinski definition) is 3. The number of aryl methyl sites for hydroxylation is 1. The van der Waals surface area contributed by atoms with E-state index in [2.05, 4.69) is 21.0 Å². The van der Waals surface area contributed by atoms with Crippen LogP contribution in [0.3, 0.4) is 0 Å². The smallest absolute Gasteiger partial charge is 0.316 e.